The summed E-state index contributed by atoms with van der Waals surface area (Å²) in [4.78, 5) is 12.3. The van der Waals surface area contributed by atoms with Gasteiger partial charge in [0.15, 0.2) is 0 Å². The maximum absolute atomic E-state index is 14.4. The van der Waals surface area contributed by atoms with Gasteiger partial charge in [0.05, 0.1) is 34.8 Å². The quantitative estimate of drug-likeness (QED) is 0.403. The molecule has 5 aromatic rings. The number of benzene rings is 1. The summed E-state index contributed by atoms with van der Waals surface area (Å²) in [6, 6.07) is 10.9. The van der Waals surface area contributed by atoms with Gasteiger partial charge in [0, 0.05) is 34.6 Å². The standard InChI is InChI=1S/C24H19FN6/c25-19-4-2-1-3-15(19)18-11-27-12-22-16(18)9-21(29-22)24-17-10-20(14-5-7-26-8-6-14)28-13-23(17)30-31-24/h1-5,9-13,26,29H,6-8H2,(H,30,31). The fourth-order valence-electron chi connectivity index (χ4n) is 4.23. The first kappa shape index (κ1) is 18.0. The lowest BCUT2D eigenvalue weighted by Crippen LogP contribution is -2.20. The van der Waals surface area contributed by atoms with Gasteiger partial charge in [-0.1, -0.05) is 24.3 Å². The number of rotatable bonds is 3. The Kier molecular flexibility index (Phi) is 4.14. The molecule has 0 fully saturated rings. The van der Waals surface area contributed by atoms with Gasteiger partial charge in [-0.25, -0.2) is 4.39 Å². The average molecular weight is 410 g/mol. The van der Waals surface area contributed by atoms with E-state index in [4.69, 9.17) is 0 Å². The molecule has 0 spiro atoms. The molecule has 0 aliphatic carbocycles. The van der Waals surface area contributed by atoms with E-state index in [1.807, 2.05) is 18.3 Å². The molecule has 1 aliphatic rings. The van der Waals surface area contributed by atoms with Gasteiger partial charge in [-0.15, -0.1) is 0 Å². The van der Waals surface area contributed by atoms with Crippen molar-refractivity contribution in [3.05, 3.63) is 72.6 Å². The van der Waals surface area contributed by atoms with E-state index in [0.717, 1.165) is 64.0 Å². The topological polar surface area (TPSA) is 82.3 Å². The van der Waals surface area contributed by atoms with Crippen LogP contribution in [0.5, 0.6) is 0 Å². The highest BCUT2D eigenvalue weighted by Crippen LogP contribution is 2.34. The molecular formula is C24H19FN6. The highest BCUT2D eigenvalue weighted by atomic mass is 19.1. The van der Waals surface area contributed by atoms with Crippen LogP contribution in [0.3, 0.4) is 0 Å². The first-order valence-corrected chi connectivity index (χ1v) is 10.2. The number of hydrogen-bond donors (Lipinski definition) is 3. The van der Waals surface area contributed by atoms with Gasteiger partial charge in [0.1, 0.15) is 11.5 Å². The van der Waals surface area contributed by atoms with Gasteiger partial charge in [-0.3, -0.25) is 15.1 Å². The summed E-state index contributed by atoms with van der Waals surface area (Å²) >= 11 is 0. The summed E-state index contributed by atoms with van der Waals surface area (Å²) in [5, 5.41) is 12.9. The Morgan fingerprint density at radius 1 is 0.935 bits per heavy atom. The van der Waals surface area contributed by atoms with Crippen molar-refractivity contribution >= 4 is 27.4 Å². The number of pyridine rings is 2. The molecule has 0 atom stereocenters. The Morgan fingerprint density at radius 2 is 1.87 bits per heavy atom. The Balaban J connectivity index is 1.50. The van der Waals surface area contributed by atoms with E-state index in [1.165, 1.54) is 11.6 Å². The van der Waals surface area contributed by atoms with Crippen molar-refractivity contribution < 1.29 is 4.39 Å². The van der Waals surface area contributed by atoms with Gasteiger partial charge in [0.25, 0.3) is 0 Å². The number of H-pyrrole nitrogens is 2. The molecule has 0 saturated heterocycles. The van der Waals surface area contributed by atoms with Crippen LogP contribution < -0.4 is 5.32 Å². The van der Waals surface area contributed by atoms with Crippen LogP contribution in [0.25, 0.3) is 49.9 Å². The molecule has 0 unspecified atom stereocenters. The first-order valence-electron chi connectivity index (χ1n) is 10.2. The maximum Gasteiger partial charge on any atom is 0.131 e. The minimum atomic E-state index is -0.268. The van der Waals surface area contributed by atoms with E-state index in [1.54, 1.807) is 24.5 Å². The zero-order chi connectivity index (χ0) is 20.8. The molecule has 0 bridgehead atoms. The molecule has 5 heterocycles. The van der Waals surface area contributed by atoms with E-state index in [2.05, 4.69) is 42.6 Å². The molecule has 6 rings (SSSR count). The number of aromatic amines is 2. The fraction of sp³-hybridized carbons (Fsp3) is 0.125. The van der Waals surface area contributed by atoms with Crippen LogP contribution in [0.15, 0.2) is 61.1 Å². The summed E-state index contributed by atoms with van der Waals surface area (Å²) in [5.74, 6) is -0.268. The maximum atomic E-state index is 14.4. The summed E-state index contributed by atoms with van der Waals surface area (Å²) in [6.07, 6.45) is 8.43. The van der Waals surface area contributed by atoms with Crippen LogP contribution in [0.1, 0.15) is 12.1 Å². The second-order valence-electron chi connectivity index (χ2n) is 7.68. The lowest BCUT2D eigenvalue weighted by molar-refractivity contribution is 0.631. The largest absolute Gasteiger partial charge is 0.352 e. The van der Waals surface area contributed by atoms with Crippen molar-refractivity contribution in [1.29, 1.82) is 0 Å². The van der Waals surface area contributed by atoms with E-state index in [9.17, 15) is 4.39 Å². The number of nitrogens with one attached hydrogen (secondary N) is 3. The third-order valence-electron chi connectivity index (χ3n) is 5.80. The van der Waals surface area contributed by atoms with E-state index < -0.39 is 0 Å². The first-order chi connectivity index (χ1) is 15.3. The smallest absolute Gasteiger partial charge is 0.131 e. The van der Waals surface area contributed by atoms with Crippen LogP contribution in [0.2, 0.25) is 0 Å². The highest BCUT2D eigenvalue weighted by Gasteiger charge is 2.17. The Labute approximate surface area is 177 Å². The van der Waals surface area contributed by atoms with Gasteiger partial charge in [0.2, 0.25) is 0 Å². The number of fused-ring (bicyclic) bond motifs is 2. The number of halogens is 1. The predicted octanol–water partition coefficient (Wildman–Crippen LogP) is 4.68. The molecular weight excluding hydrogens is 391 g/mol. The predicted molar refractivity (Wildman–Crippen MR) is 120 cm³/mol. The van der Waals surface area contributed by atoms with Gasteiger partial charge < -0.3 is 10.3 Å². The van der Waals surface area contributed by atoms with Gasteiger partial charge >= 0.3 is 0 Å². The van der Waals surface area contributed by atoms with Crippen LogP contribution in [0, 0.1) is 5.82 Å². The Hall–Kier alpha value is -3.84. The van der Waals surface area contributed by atoms with Crippen LogP contribution in [0.4, 0.5) is 4.39 Å². The summed E-state index contributed by atoms with van der Waals surface area (Å²) in [5.41, 5.74) is 6.87. The fourth-order valence-corrected chi connectivity index (χ4v) is 4.23. The van der Waals surface area contributed by atoms with Crippen molar-refractivity contribution in [3.63, 3.8) is 0 Å². The summed E-state index contributed by atoms with van der Waals surface area (Å²) < 4.78 is 14.4. The molecule has 152 valence electrons. The third-order valence-corrected chi connectivity index (χ3v) is 5.80. The average Bonchev–Trinajstić information content (AvgIpc) is 3.43. The third kappa shape index (κ3) is 3.02. The van der Waals surface area contributed by atoms with Crippen LogP contribution >= 0.6 is 0 Å². The molecule has 6 nitrogen and oxygen atoms in total. The minimum absolute atomic E-state index is 0.268. The van der Waals surface area contributed by atoms with E-state index in [-0.39, 0.29) is 5.82 Å². The second kappa shape index (κ2) is 7.14. The SMILES string of the molecule is Fc1ccccc1-c1cncc2[nH]c(-c3n[nH]c4cnc(C5=CCNCC5)cc34)cc12. The lowest BCUT2D eigenvalue weighted by Gasteiger charge is -2.13. The summed E-state index contributed by atoms with van der Waals surface area (Å²) in [7, 11) is 0. The summed E-state index contributed by atoms with van der Waals surface area (Å²) in [6.45, 7) is 1.82. The molecule has 3 N–H and O–H groups in total. The van der Waals surface area contributed by atoms with Gasteiger partial charge in [-0.05, 0) is 36.7 Å². The minimum Gasteiger partial charge on any atom is -0.352 e. The zero-order valence-electron chi connectivity index (χ0n) is 16.6. The van der Waals surface area contributed by atoms with Crippen LogP contribution in [-0.2, 0) is 0 Å². The lowest BCUT2D eigenvalue weighted by atomic mass is 10.0. The Morgan fingerprint density at radius 3 is 2.74 bits per heavy atom. The highest BCUT2D eigenvalue weighted by molar-refractivity contribution is 6.00. The molecule has 0 saturated carbocycles. The molecule has 7 heteroatoms. The molecule has 31 heavy (non-hydrogen) atoms. The normalized spacial score (nSPS) is 14.3. The van der Waals surface area contributed by atoms with E-state index in [0.29, 0.717) is 5.56 Å². The second-order valence-corrected chi connectivity index (χ2v) is 7.68. The monoisotopic (exact) mass is 410 g/mol. The molecule has 1 aromatic carbocycles. The number of nitrogens with zero attached hydrogens (tertiary/aromatic N) is 3. The van der Waals surface area contributed by atoms with Crippen molar-refractivity contribution in [3.8, 4) is 22.5 Å². The number of hydrogen-bond acceptors (Lipinski definition) is 4. The van der Waals surface area contributed by atoms with Crippen molar-refractivity contribution in [2.45, 2.75) is 6.42 Å². The van der Waals surface area contributed by atoms with Crippen molar-refractivity contribution in [2.24, 2.45) is 0 Å². The molecule has 4 aromatic heterocycles. The number of aromatic nitrogens is 5. The molecule has 1 aliphatic heterocycles. The zero-order valence-corrected chi connectivity index (χ0v) is 16.6. The molecule has 0 amide bonds. The van der Waals surface area contributed by atoms with Crippen molar-refractivity contribution in [1.82, 2.24) is 30.5 Å². The molecule has 0 radical (unpaired) electrons. The van der Waals surface area contributed by atoms with Crippen LogP contribution in [-0.4, -0.2) is 38.2 Å². The van der Waals surface area contributed by atoms with Crippen molar-refractivity contribution in [2.75, 3.05) is 13.1 Å². The Bertz CT molecular complexity index is 1460. The van der Waals surface area contributed by atoms with Gasteiger partial charge in [-0.2, -0.15) is 5.10 Å². The van der Waals surface area contributed by atoms with E-state index >= 15 is 0 Å².